The highest BCUT2D eigenvalue weighted by molar-refractivity contribution is 5.69. The minimum absolute atomic E-state index is 0.250. The maximum Gasteiger partial charge on any atom is 0.408 e. The summed E-state index contributed by atoms with van der Waals surface area (Å²) in [4.78, 5) is 21.9. The van der Waals surface area contributed by atoms with Crippen molar-refractivity contribution < 1.29 is 23.0 Å². The molecule has 2 heterocycles. The summed E-state index contributed by atoms with van der Waals surface area (Å²) < 4.78 is 33.8. The predicted molar refractivity (Wildman–Crippen MR) is 106 cm³/mol. The van der Waals surface area contributed by atoms with Gasteiger partial charge in [0.05, 0.1) is 31.2 Å². The van der Waals surface area contributed by atoms with Crippen molar-refractivity contribution in [2.75, 3.05) is 38.4 Å². The van der Waals surface area contributed by atoms with Crippen molar-refractivity contribution in [3.8, 4) is 0 Å². The monoisotopic (exact) mass is 404 g/mol. The summed E-state index contributed by atoms with van der Waals surface area (Å²) in [6.45, 7) is 12.1. The smallest absolute Gasteiger partial charge is 0.408 e. The Morgan fingerprint density at radius 2 is 1.86 bits per heavy atom. The van der Waals surface area contributed by atoms with Gasteiger partial charge in [-0.1, -0.05) is 13.8 Å². The topological polar surface area (TPSA) is 76.6 Å². The number of nitrogens with zero attached hydrogens (tertiary/aromatic N) is 3. The molecule has 1 N–H and O–H groups in total. The second-order valence-corrected chi connectivity index (χ2v) is 6.98. The van der Waals surface area contributed by atoms with Crippen LogP contribution >= 0.6 is 0 Å². The Hall–Kier alpha value is -2.03. The third-order valence-electron chi connectivity index (χ3n) is 3.43. The fraction of sp³-hybridized carbons (Fsp3) is 0.737. The first kappa shape index (κ1) is 26.0. The summed E-state index contributed by atoms with van der Waals surface area (Å²) in [7, 11) is 1.58. The van der Waals surface area contributed by atoms with Crippen molar-refractivity contribution in [1.82, 2.24) is 15.3 Å². The first-order valence-electron chi connectivity index (χ1n) is 9.43. The number of nitrogens with one attached hydrogen (secondary N) is 1. The number of alkyl carbamates (subject to hydrolysis) is 1. The number of alkyl halides is 1. The summed E-state index contributed by atoms with van der Waals surface area (Å²) in [5.74, 6) is -0.0571. The van der Waals surface area contributed by atoms with Gasteiger partial charge in [-0.2, -0.15) is 0 Å². The molecule has 0 saturated carbocycles. The SMILES string of the molecule is CC.CCF.COCC1(NC(=O)OC(C)(C)C)CCN(c2ncc(F)cn2)C1. The summed E-state index contributed by atoms with van der Waals surface area (Å²) >= 11 is 0. The van der Waals surface area contributed by atoms with E-state index in [1.54, 1.807) is 7.11 Å². The summed E-state index contributed by atoms with van der Waals surface area (Å²) in [5.41, 5.74) is -1.16. The third-order valence-corrected chi connectivity index (χ3v) is 3.43. The predicted octanol–water partition coefficient (Wildman–Crippen LogP) is 3.74. The van der Waals surface area contributed by atoms with Gasteiger partial charge in [0, 0.05) is 20.2 Å². The molecule has 0 radical (unpaired) electrons. The van der Waals surface area contributed by atoms with E-state index in [1.165, 1.54) is 6.92 Å². The van der Waals surface area contributed by atoms with Crippen molar-refractivity contribution >= 4 is 12.0 Å². The molecule has 0 spiro atoms. The first-order chi connectivity index (χ1) is 13.1. The van der Waals surface area contributed by atoms with Crippen LogP contribution in [0.25, 0.3) is 0 Å². The van der Waals surface area contributed by atoms with Crippen LogP contribution in [0.15, 0.2) is 12.4 Å². The molecule has 162 valence electrons. The van der Waals surface area contributed by atoms with E-state index in [4.69, 9.17) is 9.47 Å². The summed E-state index contributed by atoms with van der Waals surface area (Å²) in [6, 6.07) is 0. The first-order valence-corrected chi connectivity index (χ1v) is 9.43. The second-order valence-electron chi connectivity index (χ2n) is 6.98. The van der Waals surface area contributed by atoms with Crippen molar-refractivity contribution in [3.05, 3.63) is 18.2 Å². The van der Waals surface area contributed by atoms with Gasteiger partial charge in [-0.05, 0) is 34.1 Å². The molecule has 0 bridgehead atoms. The molecule has 2 rings (SSSR count). The molecule has 9 heteroatoms. The molecular weight excluding hydrogens is 370 g/mol. The highest BCUT2D eigenvalue weighted by atomic mass is 19.1. The van der Waals surface area contributed by atoms with E-state index in [0.29, 0.717) is 32.1 Å². The zero-order valence-electron chi connectivity index (χ0n) is 18.0. The number of rotatable bonds is 4. The molecule has 0 aromatic carbocycles. The van der Waals surface area contributed by atoms with Crippen LogP contribution in [0.1, 0.15) is 48.0 Å². The maximum atomic E-state index is 12.9. The van der Waals surface area contributed by atoms with Crippen molar-refractivity contribution in [2.45, 2.75) is 59.1 Å². The van der Waals surface area contributed by atoms with E-state index in [2.05, 4.69) is 15.3 Å². The van der Waals surface area contributed by atoms with Gasteiger partial charge in [0.15, 0.2) is 5.82 Å². The summed E-state index contributed by atoms with van der Waals surface area (Å²) in [5, 5.41) is 2.90. The normalized spacial score (nSPS) is 18.4. The Labute approximate surface area is 166 Å². The molecule has 1 unspecified atom stereocenters. The molecule has 1 amide bonds. The van der Waals surface area contributed by atoms with Crippen LogP contribution in [0.4, 0.5) is 19.5 Å². The molecule has 28 heavy (non-hydrogen) atoms. The lowest BCUT2D eigenvalue weighted by Gasteiger charge is -2.31. The van der Waals surface area contributed by atoms with E-state index >= 15 is 0 Å². The average Bonchev–Trinajstić information content (AvgIpc) is 3.00. The highest BCUT2D eigenvalue weighted by Gasteiger charge is 2.41. The molecule has 1 aliphatic rings. The number of hydrogen-bond donors (Lipinski definition) is 1. The minimum Gasteiger partial charge on any atom is -0.444 e. The molecular formula is C19H34F2N4O3. The summed E-state index contributed by atoms with van der Waals surface area (Å²) in [6.07, 6.45) is 2.41. The number of methoxy groups -OCH3 is 1. The number of hydrogen-bond acceptors (Lipinski definition) is 6. The molecule has 1 fully saturated rings. The van der Waals surface area contributed by atoms with Gasteiger partial charge in [-0.3, -0.25) is 4.39 Å². The molecule has 1 saturated heterocycles. The zero-order chi connectivity index (χ0) is 21.8. The fourth-order valence-electron chi connectivity index (χ4n) is 2.56. The molecule has 1 atom stereocenters. The number of ether oxygens (including phenoxy) is 2. The highest BCUT2D eigenvalue weighted by Crippen LogP contribution is 2.25. The zero-order valence-corrected chi connectivity index (χ0v) is 18.0. The van der Waals surface area contributed by atoms with Crippen molar-refractivity contribution in [1.29, 1.82) is 0 Å². The molecule has 1 aromatic rings. The molecule has 1 aliphatic heterocycles. The van der Waals surface area contributed by atoms with Crippen LogP contribution in [-0.2, 0) is 9.47 Å². The number of carbonyl (C=O) groups is 1. The third kappa shape index (κ3) is 9.25. The number of carbonyl (C=O) groups excluding carboxylic acids is 1. The van der Waals surface area contributed by atoms with Crippen LogP contribution in [0.5, 0.6) is 0 Å². The molecule has 1 aromatic heterocycles. The number of amides is 1. The Kier molecular flexibility index (Phi) is 11.5. The minimum atomic E-state index is -0.588. The van der Waals surface area contributed by atoms with E-state index in [9.17, 15) is 13.6 Å². The number of anilines is 1. The largest absolute Gasteiger partial charge is 0.444 e. The van der Waals surface area contributed by atoms with Gasteiger partial charge in [-0.25, -0.2) is 19.2 Å². The Bertz CT molecular complexity index is 567. The fourth-order valence-corrected chi connectivity index (χ4v) is 2.56. The maximum absolute atomic E-state index is 12.9. The second kappa shape index (κ2) is 12.4. The Balaban J connectivity index is 0.00000133. The van der Waals surface area contributed by atoms with Gasteiger partial charge < -0.3 is 19.7 Å². The van der Waals surface area contributed by atoms with Crippen LogP contribution in [0, 0.1) is 5.82 Å². The standard InChI is InChI=1S/C15H23FN4O3.C2H5F.C2H6/c1-14(2,3)23-13(21)19-15(10-22-4)5-6-20(9-15)12-17-7-11(16)8-18-12;1-2-3;1-2/h7-8H,5-6,9-10H2,1-4H3,(H,19,21);2H2,1H3;1-2H3. The average molecular weight is 405 g/mol. The molecule has 7 nitrogen and oxygen atoms in total. The van der Waals surface area contributed by atoms with Crippen LogP contribution in [0.2, 0.25) is 0 Å². The lowest BCUT2D eigenvalue weighted by Crippen LogP contribution is -2.54. The van der Waals surface area contributed by atoms with E-state index in [1.807, 2.05) is 39.5 Å². The lowest BCUT2D eigenvalue weighted by atomic mass is 10.0. The van der Waals surface area contributed by atoms with Crippen LogP contribution in [0.3, 0.4) is 0 Å². The van der Waals surface area contributed by atoms with Gasteiger partial charge in [0.25, 0.3) is 0 Å². The van der Waals surface area contributed by atoms with Gasteiger partial charge in [-0.15, -0.1) is 0 Å². The Morgan fingerprint density at radius 1 is 1.32 bits per heavy atom. The van der Waals surface area contributed by atoms with Crippen molar-refractivity contribution in [3.63, 3.8) is 0 Å². The van der Waals surface area contributed by atoms with E-state index in [0.717, 1.165) is 12.4 Å². The Morgan fingerprint density at radius 3 is 2.32 bits per heavy atom. The van der Waals surface area contributed by atoms with Crippen LogP contribution in [-0.4, -0.2) is 60.7 Å². The number of halogens is 2. The number of aromatic nitrogens is 2. The van der Waals surface area contributed by atoms with Gasteiger partial charge >= 0.3 is 6.09 Å². The molecule has 0 aliphatic carbocycles. The van der Waals surface area contributed by atoms with Gasteiger partial charge in [0.2, 0.25) is 5.95 Å². The van der Waals surface area contributed by atoms with Crippen molar-refractivity contribution in [2.24, 2.45) is 0 Å². The lowest BCUT2D eigenvalue weighted by molar-refractivity contribution is 0.0384. The van der Waals surface area contributed by atoms with Gasteiger partial charge in [0.1, 0.15) is 5.60 Å². The van der Waals surface area contributed by atoms with E-state index < -0.39 is 23.1 Å². The van der Waals surface area contributed by atoms with E-state index in [-0.39, 0.29) is 6.67 Å². The quantitative estimate of drug-likeness (QED) is 0.824. The van der Waals surface area contributed by atoms with Crippen LogP contribution < -0.4 is 10.2 Å².